The smallest absolute Gasteiger partial charge is 0.264 e. The first-order valence-electron chi connectivity index (χ1n) is 12.2. The lowest BCUT2D eigenvalue weighted by Crippen LogP contribution is -2.54. The number of rotatable bonds is 9. The van der Waals surface area contributed by atoms with E-state index in [4.69, 9.17) is 0 Å². The number of nitrogens with one attached hydrogen (secondary N) is 1. The van der Waals surface area contributed by atoms with Crippen LogP contribution in [0.5, 0.6) is 0 Å². The number of para-hydroxylation sites is 1. The molecule has 0 aliphatic heterocycles. The number of carbonyl (C=O) groups excluding carboxylic acids is 2. The van der Waals surface area contributed by atoms with Gasteiger partial charge in [0.15, 0.2) is 0 Å². The van der Waals surface area contributed by atoms with Gasteiger partial charge in [-0.3, -0.25) is 13.9 Å². The van der Waals surface area contributed by atoms with Crippen molar-refractivity contribution in [3.63, 3.8) is 0 Å². The Morgan fingerprint density at radius 2 is 1.41 bits per heavy atom. The quantitative estimate of drug-likeness (QED) is 0.449. The largest absolute Gasteiger partial charge is 0.350 e. The zero-order valence-electron chi connectivity index (χ0n) is 22.0. The highest BCUT2D eigenvalue weighted by Crippen LogP contribution is 2.27. The average Bonchev–Trinajstić information content (AvgIpc) is 2.86. The predicted molar refractivity (Wildman–Crippen MR) is 147 cm³/mol. The lowest BCUT2D eigenvalue weighted by molar-refractivity contribution is -0.140. The van der Waals surface area contributed by atoms with Crippen LogP contribution in [0.3, 0.4) is 0 Å². The normalized spacial score (nSPS) is 12.5. The van der Waals surface area contributed by atoms with E-state index < -0.39 is 34.1 Å². The topological polar surface area (TPSA) is 86.8 Å². The van der Waals surface area contributed by atoms with Crippen LogP contribution in [-0.2, 0) is 26.2 Å². The van der Waals surface area contributed by atoms with E-state index >= 15 is 0 Å². The van der Waals surface area contributed by atoms with Crippen molar-refractivity contribution in [2.75, 3.05) is 10.8 Å². The number of hydrogen-bond donors (Lipinski definition) is 1. The molecule has 0 aliphatic rings. The molecule has 1 N–H and O–H groups in total. The van der Waals surface area contributed by atoms with Crippen molar-refractivity contribution < 1.29 is 18.0 Å². The minimum atomic E-state index is -4.07. The Bertz CT molecular complexity index is 1320. The van der Waals surface area contributed by atoms with Crippen LogP contribution in [0.2, 0.25) is 0 Å². The van der Waals surface area contributed by atoms with Crippen molar-refractivity contribution in [3.05, 3.63) is 96.1 Å². The summed E-state index contributed by atoms with van der Waals surface area (Å²) in [5.41, 5.74) is 1.46. The first kappa shape index (κ1) is 27.9. The number of anilines is 1. The highest BCUT2D eigenvalue weighted by atomic mass is 32.2. The molecule has 3 rings (SSSR count). The van der Waals surface area contributed by atoms with Crippen LogP contribution in [-0.4, -0.2) is 43.3 Å². The summed E-state index contributed by atoms with van der Waals surface area (Å²) in [6.45, 7) is 8.77. The van der Waals surface area contributed by atoms with E-state index in [2.05, 4.69) is 5.32 Å². The fraction of sp³-hybridized carbons (Fsp3) is 0.310. The van der Waals surface area contributed by atoms with Gasteiger partial charge in [0.05, 0.1) is 10.6 Å². The Morgan fingerprint density at radius 3 is 1.97 bits per heavy atom. The molecule has 7 nitrogen and oxygen atoms in total. The summed E-state index contributed by atoms with van der Waals surface area (Å²) in [5.74, 6) is -0.798. The third-order valence-electron chi connectivity index (χ3n) is 5.86. The van der Waals surface area contributed by atoms with Gasteiger partial charge >= 0.3 is 0 Å². The molecule has 0 aliphatic carbocycles. The minimum Gasteiger partial charge on any atom is -0.350 e. The van der Waals surface area contributed by atoms with E-state index in [1.807, 2.05) is 57.2 Å². The third-order valence-corrected chi connectivity index (χ3v) is 7.63. The molecule has 2 amide bonds. The zero-order valence-corrected chi connectivity index (χ0v) is 22.8. The fourth-order valence-corrected chi connectivity index (χ4v) is 5.41. The number of aryl methyl sites for hydroxylation is 1. The summed E-state index contributed by atoms with van der Waals surface area (Å²) >= 11 is 0. The summed E-state index contributed by atoms with van der Waals surface area (Å²) in [5, 5.41) is 2.93. The van der Waals surface area contributed by atoms with Crippen molar-refractivity contribution in [2.24, 2.45) is 0 Å². The number of hydrogen-bond acceptors (Lipinski definition) is 4. The SMILES string of the molecule is Cc1ccccc1N(CC(=O)N(Cc1ccccc1)C(C)C(=O)NC(C)(C)C)S(=O)(=O)c1ccccc1. The first-order chi connectivity index (χ1) is 17.4. The standard InChI is InChI=1S/C29H35N3O4S/c1-22-14-12-13-19-26(22)32(37(35,36)25-17-10-7-11-18-25)21-27(33)31(20-24-15-8-6-9-16-24)23(2)28(34)30-29(3,4)5/h6-19,23H,20-21H2,1-5H3,(H,30,34). The minimum absolute atomic E-state index is 0.0826. The Morgan fingerprint density at radius 1 is 0.865 bits per heavy atom. The molecule has 196 valence electrons. The summed E-state index contributed by atoms with van der Waals surface area (Å²) in [4.78, 5) is 28.5. The molecule has 0 saturated carbocycles. The summed E-state index contributed by atoms with van der Waals surface area (Å²) in [6.07, 6.45) is 0. The van der Waals surface area contributed by atoms with Gasteiger partial charge in [-0.25, -0.2) is 8.42 Å². The van der Waals surface area contributed by atoms with Crippen LogP contribution in [0, 0.1) is 6.92 Å². The van der Waals surface area contributed by atoms with E-state index in [9.17, 15) is 18.0 Å². The molecule has 0 aromatic heterocycles. The molecule has 3 aromatic carbocycles. The Kier molecular flexibility index (Phi) is 8.76. The second-order valence-electron chi connectivity index (χ2n) is 10.0. The molecule has 3 aromatic rings. The maximum Gasteiger partial charge on any atom is 0.264 e. The lowest BCUT2D eigenvalue weighted by atomic mass is 10.1. The molecule has 8 heteroatoms. The lowest BCUT2D eigenvalue weighted by Gasteiger charge is -2.33. The van der Waals surface area contributed by atoms with E-state index in [-0.39, 0.29) is 17.3 Å². The number of nitrogens with zero attached hydrogens (tertiary/aromatic N) is 2. The Balaban J connectivity index is 2.02. The first-order valence-corrected chi connectivity index (χ1v) is 13.6. The van der Waals surface area contributed by atoms with Gasteiger partial charge < -0.3 is 10.2 Å². The van der Waals surface area contributed by atoms with Gasteiger partial charge in [-0.2, -0.15) is 0 Å². The molecule has 1 unspecified atom stereocenters. The van der Waals surface area contributed by atoms with Crippen LogP contribution < -0.4 is 9.62 Å². The maximum absolute atomic E-state index is 13.9. The van der Waals surface area contributed by atoms with Gasteiger partial charge in [0.2, 0.25) is 11.8 Å². The average molecular weight is 522 g/mol. The Hall–Kier alpha value is -3.65. The van der Waals surface area contributed by atoms with Crippen molar-refractivity contribution in [3.8, 4) is 0 Å². The second kappa shape index (κ2) is 11.6. The molecule has 1 atom stereocenters. The van der Waals surface area contributed by atoms with Crippen molar-refractivity contribution >= 4 is 27.5 Å². The molecular formula is C29H35N3O4S. The fourth-order valence-electron chi connectivity index (χ4n) is 3.91. The van der Waals surface area contributed by atoms with Gasteiger partial charge in [-0.05, 0) is 63.9 Å². The van der Waals surface area contributed by atoms with Crippen molar-refractivity contribution in [2.45, 2.75) is 57.6 Å². The molecular weight excluding hydrogens is 486 g/mol. The van der Waals surface area contributed by atoms with Gasteiger partial charge in [0, 0.05) is 12.1 Å². The van der Waals surface area contributed by atoms with Gasteiger partial charge in [-0.15, -0.1) is 0 Å². The van der Waals surface area contributed by atoms with Crippen molar-refractivity contribution in [1.82, 2.24) is 10.2 Å². The molecule has 37 heavy (non-hydrogen) atoms. The van der Waals surface area contributed by atoms with E-state index in [0.29, 0.717) is 11.3 Å². The van der Waals surface area contributed by atoms with Crippen molar-refractivity contribution in [1.29, 1.82) is 0 Å². The predicted octanol–water partition coefficient (Wildman–Crippen LogP) is 4.52. The molecule has 0 bridgehead atoms. The monoisotopic (exact) mass is 521 g/mol. The summed E-state index contributed by atoms with van der Waals surface area (Å²) < 4.78 is 28.7. The van der Waals surface area contributed by atoms with E-state index in [1.165, 1.54) is 17.0 Å². The number of sulfonamides is 1. The van der Waals surface area contributed by atoms with Gasteiger partial charge in [-0.1, -0.05) is 66.7 Å². The van der Waals surface area contributed by atoms with Crippen LogP contribution in [0.25, 0.3) is 0 Å². The maximum atomic E-state index is 13.9. The highest BCUT2D eigenvalue weighted by Gasteiger charge is 2.33. The number of amides is 2. The van der Waals surface area contributed by atoms with Crippen LogP contribution in [0.1, 0.15) is 38.8 Å². The van der Waals surface area contributed by atoms with E-state index in [0.717, 1.165) is 9.87 Å². The molecule has 0 spiro atoms. The van der Waals surface area contributed by atoms with Gasteiger partial charge in [0.1, 0.15) is 12.6 Å². The van der Waals surface area contributed by atoms with Crippen LogP contribution >= 0.6 is 0 Å². The zero-order chi connectivity index (χ0) is 27.2. The number of benzene rings is 3. The summed E-state index contributed by atoms with van der Waals surface area (Å²) in [7, 11) is -4.07. The second-order valence-corrected chi connectivity index (χ2v) is 11.9. The molecule has 0 saturated heterocycles. The highest BCUT2D eigenvalue weighted by molar-refractivity contribution is 7.92. The summed E-state index contributed by atoms with van der Waals surface area (Å²) in [6, 6.07) is 23.6. The Labute approximate surface area is 220 Å². The van der Waals surface area contributed by atoms with E-state index in [1.54, 1.807) is 50.2 Å². The third kappa shape index (κ3) is 7.20. The number of carbonyl (C=O) groups is 2. The van der Waals surface area contributed by atoms with Crippen LogP contribution in [0.4, 0.5) is 5.69 Å². The molecule has 0 heterocycles. The molecule has 0 radical (unpaired) electrons. The molecule has 0 fully saturated rings. The van der Waals surface area contributed by atoms with Gasteiger partial charge in [0.25, 0.3) is 10.0 Å². The van der Waals surface area contributed by atoms with Crippen LogP contribution in [0.15, 0.2) is 89.8 Å².